The number of urea groups is 1. The van der Waals surface area contributed by atoms with Gasteiger partial charge in [0.15, 0.2) is 0 Å². The molecule has 2 N–H and O–H groups in total. The van der Waals surface area contributed by atoms with Gasteiger partial charge in [0.25, 0.3) is 0 Å². The minimum atomic E-state index is -0.210. The summed E-state index contributed by atoms with van der Waals surface area (Å²) < 4.78 is 0. The normalized spacial score (nSPS) is 11.0. The van der Waals surface area contributed by atoms with Crippen molar-refractivity contribution in [2.24, 2.45) is 5.92 Å². The van der Waals surface area contributed by atoms with Crippen molar-refractivity contribution >= 4 is 17.4 Å². The molecule has 0 aliphatic rings. The summed E-state index contributed by atoms with van der Waals surface area (Å²) in [6.45, 7) is 14.4. The molecule has 23 heavy (non-hydrogen) atoms. The minimum absolute atomic E-state index is 0. The summed E-state index contributed by atoms with van der Waals surface area (Å²) >= 11 is 0. The van der Waals surface area contributed by atoms with Crippen LogP contribution in [0.3, 0.4) is 0 Å². The summed E-state index contributed by atoms with van der Waals surface area (Å²) in [5.74, 6) is 0.426. The Morgan fingerprint density at radius 2 is 1.87 bits per heavy atom. The second kappa shape index (κ2) is 10.2. The minimum Gasteiger partial charge on any atom is -1.00 e. The maximum absolute atomic E-state index is 11.9. The molecule has 0 atom stereocenters. The van der Waals surface area contributed by atoms with Crippen molar-refractivity contribution in [2.75, 3.05) is 23.3 Å². The van der Waals surface area contributed by atoms with E-state index in [0.717, 1.165) is 29.9 Å². The quantitative estimate of drug-likeness (QED) is 0.826. The molecule has 0 saturated heterocycles. The highest BCUT2D eigenvalue weighted by atomic mass is 35.5. The molecule has 0 aliphatic carbocycles. The lowest BCUT2D eigenvalue weighted by Gasteiger charge is -2.22. The Morgan fingerprint density at radius 3 is 2.35 bits per heavy atom. The van der Waals surface area contributed by atoms with Gasteiger partial charge in [-0.2, -0.15) is 0 Å². The number of anilines is 2. The van der Waals surface area contributed by atoms with Crippen molar-refractivity contribution in [3.63, 3.8) is 0 Å². The summed E-state index contributed by atoms with van der Waals surface area (Å²) in [5.41, 5.74) is 4.22. The zero-order valence-electron chi connectivity index (χ0n) is 15.0. The number of aryl methyl sites for hydroxylation is 1. The molecule has 130 valence electrons. The molecule has 0 radical (unpaired) electrons. The summed E-state index contributed by atoms with van der Waals surface area (Å²) in [5, 5.41) is 5.67. The summed E-state index contributed by atoms with van der Waals surface area (Å²) in [4.78, 5) is 14.2. The molecule has 0 aliphatic heterocycles. The molecular formula is C18H29ClN3O-. The van der Waals surface area contributed by atoms with Crippen molar-refractivity contribution in [1.82, 2.24) is 5.32 Å². The van der Waals surface area contributed by atoms with E-state index in [0.29, 0.717) is 5.92 Å². The second-order valence-corrected chi connectivity index (χ2v) is 5.81. The molecule has 0 aromatic heterocycles. The molecule has 1 aromatic rings. The number of halogens is 1. The lowest BCUT2D eigenvalue weighted by atomic mass is 10.1. The van der Waals surface area contributed by atoms with Gasteiger partial charge >= 0.3 is 6.03 Å². The highest BCUT2D eigenvalue weighted by Gasteiger charge is 2.07. The number of allylic oxidation sites excluding steroid dienone is 1. The van der Waals surface area contributed by atoms with Crippen LogP contribution in [0, 0.1) is 12.8 Å². The Morgan fingerprint density at radius 1 is 1.26 bits per heavy atom. The SMILES string of the molecule is CCN(CC)c1ccc(NC(=O)N/C=C(\C)C(C)C)c(C)c1.[Cl-]. The van der Waals surface area contributed by atoms with E-state index in [1.54, 1.807) is 6.20 Å². The van der Waals surface area contributed by atoms with Crippen LogP contribution in [0.2, 0.25) is 0 Å². The van der Waals surface area contributed by atoms with E-state index in [1.165, 1.54) is 5.69 Å². The lowest BCUT2D eigenvalue weighted by Crippen LogP contribution is -3.00. The van der Waals surface area contributed by atoms with Gasteiger partial charge in [-0.15, -0.1) is 0 Å². The first-order valence-corrected chi connectivity index (χ1v) is 7.98. The standard InChI is InChI=1S/C18H29N3O.ClH/c1-7-21(8-2)16-9-10-17(14(5)11-16)20-18(22)19-12-15(6)13(3)4;/h9-13H,7-8H2,1-6H3,(H2,19,20,22);1H/p-1/b15-12+;. The number of rotatable bonds is 6. The van der Waals surface area contributed by atoms with Crippen LogP contribution in [0.5, 0.6) is 0 Å². The molecule has 0 saturated carbocycles. The Kier molecular flexibility index (Phi) is 9.42. The molecule has 1 aromatic carbocycles. The number of hydrogen-bond donors (Lipinski definition) is 2. The molecule has 0 bridgehead atoms. The van der Waals surface area contributed by atoms with Gasteiger partial charge < -0.3 is 27.9 Å². The maximum atomic E-state index is 11.9. The van der Waals surface area contributed by atoms with Gasteiger partial charge in [-0.25, -0.2) is 4.79 Å². The summed E-state index contributed by atoms with van der Waals surface area (Å²) in [7, 11) is 0. The van der Waals surface area contributed by atoms with E-state index >= 15 is 0 Å². The average molecular weight is 339 g/mol. The van der Waals surface area contributed by atoms with E-state index < -0.39 is 0 Å². The van der Waals surface area contributed by atoms with Gasteiger partial charge in [0, 0.05) is 30.7 Å². The fraction of sp³-hybridized carbons (Fsp3) is 0.500. The van der Waals surface area contributed by atoms with E-state index in [9.17, 15) is 4.79 Å². The third kappa shape index (κ3) is 6.53. The van der Waals surface area contributed by atoms with Gasteiger partial charge in [-0.05, 0) is 57.4 Å². The topological polar surface area (TPSA) is 44.4 Å². The third-order valence-electron chi connectivity index (χ3n) is 3.93. The largest absolute Gasteiger partial charge is 1.00 e. The van der Waals surface area contributed by atoms with Crippen molar-refractivity contribution in [2.45, 2.75) is 41.5 Å². The van der Waals surface area contributed by atoms with Gasteiger partial charge in [-0.3, -0.25) is 0 Å². The zero-order chi connectivity index (χ0) is 16.7. The van der Waals surface area contributed by atoms with Crippen molar-refractivity contribution in [3.8, 4) is 0 Å². The van der Waals surface area contributed by atoms with Crippen LogP contribution in [0.1, 0.15) is 40.2 Å². The van der Waals surface area contributed by atoms with Crippen LogP contribution in [-0.4, -0.2) is 19.1 Å². The molecule has 0 unspecified atom stereocenters. The van der Waals surface area contributed by atoms with E-state index in [4.69, 9.17) is 0 Å². The molecule has 1 rings (SSSR count). The Bertz CT molecular complexity index is 537. The van der Waals surface area contributed by atoms with Crippen LogP contribution in [0.25, 0.3) is 0 Å². The first kappa shape index (κ1) is 21.3. The summed E-state index contributed by atoms with van der Waals surface area (Å²) in [6, 6.07) is 5.91. The monoisotopic (exact) mass is 338 g/mol. The molecule has 2 amide bonds. The van der Waals surface area contributed by atoms with Crippen LogP contribution in [0.4, 0.5) is 16.2 Å². The molecule has 5 heteroatoms. The first-order chi connectivity index (χ1) is 10.4. The van der Waals surface area contributed by atoms with E-state index in [-0.39, 0.29) is 18.4 Å². The first-order valence-electron chi connectivity index (χ1n) is 7.98. The summed E-state index contributed by atoms with van der Waals surface area (Å²) in [6.07, 6.45) is 1.76. The van der Waals surface area contributed by atoms with Crippen LogP contribution in [0.15, 0.2) is 30.0 Å². The molecular weight excluding hydrogens is 310 g/mol. The van der Waals surface area contributed by atoms with Crippen LogP contribution >= 0.6 is 0 Å². The number of benzene rings is 1. The highest BCUT2D eigenvalue weighted by molar-refractivity contribution is 5.91. The number of amides is 2. The van der Waals surface area contributed by atoms with E-state index in [2.05, 4.69) is 49.3 Å². The number of nitrogens with one attached hydrogen (secondary N) is 2. The maximum Gasteiger partial charge on any atom is 0.323 e. The predicted molar refractivity (Wildman–Crippen MR) is 95.5 cm³/mol. The van der Waals surface area contributed by atoms with Crippen molar-refractivity contribution < 1.29 is 17.2 Å². The van der Waals surface area contributed by atoms with Crippen LogP contribution < -0.4 is 27.9 Å². The molecule has 0 heterocycles. The second-order valence-electron chi connectivity index (χ2n) is 5.81. The lowest BCUT2D eigenvalue weighted by molar-refractivity contribution is -0.00000802. The Labute approximate surface area is 146 Å². The number of carbonyl (C=O) groups is 1. The molecule has 0 spiro atoms. The van der Waals surface area contributed by atoms with Gasteiger partial charge in [-0.1, -0.05) is 19.4 Å². The van der Waals surface area contributed by atoms with Gasteiger partial charge in [0.2, 0.25) is 0 Å². The smallest absolute Gasteiger partial charge is 0.323 e. The zero-order valence-corrected chi connectivity index (χ0v) is 15.8. The van der Waals surface area contributed by atoms with Crippen molar-refractivity contribution in [3.05, 3.63) is 35.5 Å². The fourth-order valence-corrected chi connectivity index (χ4v) is 2.08. The molecule has 0 fully saturated rings. The number of hydrogen-bond acceptors (Lipinski definition) is 2. The Balaban J connectivity index is 0.00000484. The van der Waals surface area contributed by atoms with Crippen LogP contribution in [-0.2, 0) is 0 Å². The van der Waals surface area contributed by atoms with Gasteiger partial charge in [0.05, 0.1) is 0 Å². The Hall–Kier alpha value is -1.68. The highest BCUT2D eigenvalue weighted by Crippen LogP contribution is 2.22. The number of carbonyl (C=O) groups excluding carboxylic acids is 1. The predicted octanol–water partition coefficient (Wildman–Crippen LogP) is 1.53. The van der Waals surface area contributed by atoms with E-state index in [1.807, 2.05) is 26.0 Å². The fourth-order valence-electron chi connectivity index (χ4n) is 2.08. The average Bonchev–Trinajstić information content (AvgIpc) is 2.48. The van der Waals surface area contributed by atoms with Gasteiger partial charge in [0.1, 0.15) is 0 Å². The number of nitrogens with zero attached hydrogens (tertiary/aromatic N) is 1. The third-order valence-corrected chi connectivity index (χ3v) is 3.93. The molecule has 4 nitrogen and oxygen atoms in total. The van der Waals surface area contributed by atoms with Crippen molar-refractivity contribution in [1.29, 1.82) is 0 Å².